The number of likely N-dealkylation sites (N-methyl/N-ethyl adjacent to an activating group) is 1. The van der Waals surface area contributed by atoms with Crippen molar-refractivity contribution < 1.29 is 19.3 Å². The van der Waals surface area contributed by atoms with Gasteiger partial charge in [0.15, 0.2) is 6.54 Å². The first-order valence-electron chi connectivity index (χ1n) is 8.81. The molecule has 1 aromatic heterocycles. The Labute approximate surface area is 161 Å². The number of imide groups is 1. The van der Waals surface area contributed by atoms with Crippen LogP contribution in [0.3, 0.4) is 0 Å². The third kappa shape index (κ3) is 4.01. The minimum Gasteiger partial charge on any atom is -0.323 e. The van der Waals surface area contributed by atoms with Gasteiger partial charge in [-0.05, 0) is 30.9 Å². The van der Waals surface area contributed by atoms with Crippen molar-refractivity contribution >= 4 is 29.2 Å². The van der Waals surface area contributed by atoms with E-state index in [2.05, 4.69) is 10.7 Å². The molecule has 1 aliphatic rings. The fourth-order valence-electron chi connectivity index (χ4n) is 3.07. The number of thiophene rings is 1. The van der Waals surface area contributed by atoms with Gasteiger partial charge in [0, 0.05) is 0 Å². The van der Waals surface area contributed by atoms with Crippen LogP contribution in [0.5, 0.6) is 0 Å². The van der Waals surface area contributed by atoms with E-state index < -0.39 is 17.5 Å². The number of quaternary nitrogens is 1. The molecule has 3 rings (SSSR count). The van der Waals surface area contributed by atoms with E-state index in [4.69, 9.17) is 0 Å². The first kappa shape index (κ1) is 19.1. The summed E-state index contributed by atoms with van der Waals surface area (Å²) in [6, 6.07) is 12.4. The van der Waals surface area contributed by atoms with Gasteiger partial charge in [0.05, 0.1) is 11.4 Å². The first-order chi connectivity index (χ1) is 12.9. The van der Waals surface area contributed by atoms with E-state index in [0.717, 1.165) is 23.0 Å². The minimum absolute atomic E-state index is 0.174. The lowest BCUT2D eigenvalue weighted by Crippen LogP contribution is -3.11. The summed E-state index contributed by atoms with van der Waals surface area (Å²) in [6.07, 6.45) is 0. The summed E-state index contributed by atoms with van der Waals surface area (Å²) < 4.78 is 0. The summed E-state index contributed by atoms with van der Waals surface area (Å²) in [7, 11) is 0. The molecule has 0 saturated carbocycles. The fourth-order valence-corrected chi connectivity index (χ4v) is 3.85. The van der Waals surface area contributed by atoms with Crippen molar-refractivity contribution in [1.29, 1.82) is 0 Å². The van der Waals surface area contributed by atoms with Crippen LogP contribution in [0.1, 0.15) is 24.3 Å². The monoisotopic (exact) mass is 387 g/mol. The third-order valence-corrected chi connectivity index (χ3v) is 5.57. The Hall–Kier alpha value is -2.71. The highest BCUT2D eigenvalue weighted by Crippen LogP contribution is 2.27. The van der Waals surface area contributed by atoms with E-state index in [1.807, 2.05) is 30.5 Å². The molecule has 1 saturated heterocycles. The van der Waals surface area contributed by atoms with Crippen molar-refractivity contribution in [3.8, 4) is 0 Å². The van der Waals surface area contributed by atoms with Gasteiger partial charge >= 0.3 is 6.03 Å². The van der Waals surface area contributed by atoms with E-state index in [0.29, 0.717) is 5.56 Å². The summed E-state index contributed by atoms with van der Waals surface area (Å²) >= 11 is 1.64. The molecule has 1 fully saturated rings. The molecule has 2 aromatic rings. The first-order valence-corrected chi connectivity index (χ1v) is 9.69. The molecule has 4 amide bonds. The minimum atomic E-state index is -1.19. The molecule has 1 unspecified atom stereocenters. The second-order valence-corrected chi connectivity index (χ2v) is 7.67. The standard InChI is InChI=1S/C19H22N4O3S/c1-3-22(12-15-10-7-11-27-15)13-16(24)21-23-17(25)19(2,20-18(23)26)14-8-5-4-6-9-14/h4-11H,3,12-13H2,1-2H3,(H,20,26)(H,21,24)/p+1/t19-/m0/s1. The number of hydrogen-bond donors (Lipinski definition) is 3. The highest BCUT2D eigenvalue weighted by atomic mass is 32.1. The van der Waals surface area contributed by atoms with Crippen LogP contribution >= 0.6 is 11.3 Å². The Kier molecular flexibility index (Phi) is 5.57. The van der Waals surface area contributed by atoms with Crippen molar-refractivity contribution in [3.05, 3.63) is 58.3 Å². The van der Waals surface area contributed by atoms with E-state index in [9.17, 15) is 14.4 Å². The molecular formula is C19H23N4O3S+. The Morgan fingerprint density at radius 2 is 1.96 bits per heavy atom. The SMILES string of the molecule is CC[NH+](CC(=O)NN1C(=O)N[C@@](C)(c2ccccc2)C1=O)Cc1cccs1. The summed E-state index contributed by atoms with van der Waals surface area (Å²) in [5.41, 5.74) is 1.93. The van der Waals surface area contributed by atoms with Gasteiger partial charge in [-0.25, -0.2) is 4.79 Å². The van der Waals surface area contributed by atoms with Crippen LogP contribution in [0.15, 0.2) is 47.8 Å². The van der Waals surface area contributed by atoms with Crippen LogP contribution < -0.4 is 15.6 Å². The number of nitrogens with zero attached hydrogens (tertiary/aromatic N) is 1. The average Bonchev–Trinajstić information content (AvgIpc) is 3.25. The van der Waals surface area contributed by atoms with Gasteiger partial charge in [-0.15, -0.1) is 11.3 Å². The second kappa shape index (κ2) is 7.89. The largest absolute Gasteiger partial charge is 0.344 e. The maximum Gasteiger partial charge on any atom is 0.344 e. The number of carbonyl (C=O) groups excluding carboxylic acids is 3. The molecule has 0 radical (unpaired) electrons. The molecule has 142 valence electrons. The number of nitrogens with one attached hydrogen (secondary N) is 3. The van der Waals surface area contributed by atoms with E-state index >= 15 is 0 Å². The number of amides is 4. The maximum atomic E-state index is 12.8. The van der Waals surface area contributed by atoms with Crippen LogP contribution in [0.2, 0.25) is 0 Å². The zero-order valence-electron chi connectivity index (χ0n) is 15.3. The van der Waals surface area contributed by atoms with Crippen LogP contribution in [-0.4, -0.2) is 35.9 Å². The average molecular weight is 387 g/mol. The number of hydrazine groups is 1. The fraction of sp³-hybridized carbons (Fsp3) is 0.316. The van der Waals surface area contributed by atoms with Gasteiger partial charge < -0.3 is 10.2 Å². The Bertz CT molecular complexity index is 825. The lowest BCUT2D eigenvalue weighted by molar-refractivity contribution is -0.903. The molecule has 2 atom stereocenters. The number of benzene rings is 1. The lowest BCUT2D eigenvalue weighted by Gasteiger charge is -2.22. The smallest absolute Gasteiger partial charge is 0.323 e. The zero-order chi connectivity index (χ0) is 19.4. The quantitative estimate of drug-likeness (QED) is 0.610. The summed E-state index contributed by atoms with van der Waals surface area (Å²) in [6.45, 7) is 5.29. The third-order valence-electron chi connectivity index (χ3n) is 4.69. The van der Waals surface area contributed by atoms with Crippen molar-refractivity contribution in [2.45, 2.75) is 25.9 Å². The summed E-state index contributed by atoms with van der Waals surface area (Å²) in [4.78, 5) is 39.8. The van der Waals surface area contributed by atoms with E-state index in [1.165, 1.54) is 4.88 Å². The molecule has 3 N–H and O–H groups in total. The molecule has 0 bridgehead atoms. The predicted octanol–water partition coefficient (Wildman–Crippen LogP) is 0.651. The summed E-state index contributed by atoms with van der Waals surface area (Å²) in [5.74, 6) is -0.868. The van der Waals surface area contributed by atoms with Gasteiger partial charge in [0.1, 0.15) is 12.1 Å². The molecule has 1 aromatic carbocycles. The number of rotatable bonds is 7. The highest BCUT2D eigenvalue weighted by Gasteiger charge is 2.50. The zero-order valence-corrected chi connectivity index (χ0v) is 16.1. The molecule has 7 nitrogen and oxygen atoms in total. The normalized spacial score (nSPS) is 20.4. The highest BCUT2D eigenvalue weighted by molar-refractivity contribution is 7.09. The lowest BCUT2D eigenvalue weighted by atomic mass is 9.92. The van der Waals surface area contributed by atoms with Crippen LogP contribution in [-0.2, 0) is 21.7 Å². The Balaban J connectivity index is 1.65. The second-order valence-electron chi connectivity index (χ2n) is 6.63. The number of hydrogen-bond acceptors (Lipinski definition) is 4. The van der Waals surface area contributed by atoms with Gasteiger partial charge in [0.25, 0.3) is 11.8 Å². The maximum absolute atomic E-state index is 12.8. The van der Waals surface area contributed by atoms with Gasteiger partial charge in [-0.1, -0.05) is 36.4 Å². The van der Waals surface area contributed by atoms with E-state index in [-0.39, 0.29) is 12.5 Å². The van der Waals surface area contributed by atoms with Gasteiger partial charge in [-0.3, -0.25) is 15.0 Å². The van der Waals surface area contributed by atoms with Crippen molar-refractivity contribution in [2.75, 3.05) is 13.1 Å². The molecule has 2 heterocycles. The summed E-state index contributed by atoms with van der Waals surface area (Å²) in [5, 5.41) is 5.46. The Morgan fingerprint density at radius 3 is 2.59 bits per heavy atom. The van der Waals surface area contributed by atoms with Crippen LogP contribution in [0.25, 0.3) is 0 Å². The Morgan fingerprint density at radius 1 is 1.22 bits per heavy atom. The number of carbonyl (C=O) groups is 3. The van der Waals surface area contributed by atoms with Gasteiger partial charge in [-0.2, -0.15) is 5.01 Å². The van der Waals surface area contributed by atoms with E-state index in [1.54, 1.807) is 42.5 Å². The number of urea groups is 1. The molecule has 8 heteroatoms. The molecular weight excluding hydrogens is 364 g/mol. The molecule has 0 aliphatic carbocycles. The topological polar surface area (TPSA) is 82.9 Å². The van der Waals surface area contributed by atoms with Crippen LogP contribution in [0, 0.1) is 0 Å². The van der Waals surface area contributed by atoms with Crippen molar-refractivity contribution in [2.24, 2.45) is 0 Å². The molecule has 1 aliphatic heterocycles. The molecule has 0 spiro atoms. The predicted molar refractivity (Wildman–Crippen MR) is 102 cm³/mol. The van der Waals surface area contributed by atoms with Crippen molar-refractivity contribution in [3.63, 3.8) is 0 Å². The van der Waals surface area contributed by atoms with Crippen molar-refractivity contribution in [1.82, 2.24) is 15.8 Å². The molecule has 27 heavy (non-hydrogen) atoms. The van der Waals surface area contributed by atoms with Crippen LogP contribution in [0.4, 0.5) is 4.79 Å². The van der Waals surface area contributed by atoms with Gasteiger partial charge in [0.2, 0.25) is 0 Å².